The fourth-order valence-corrected chi connectivity index (χ4v) is 3.55. The maximum Gasteiger partial charge on any atom is 0.244 e. The Labute approximate surface area is 175 Å². The molecule has 0 unspecified atom stereocenters. The van der Waals surface area contributed by atoms with Crippen LogP contribution in [0.3, 0.4) is 0 Å². The zero-order valence-electron chi connectivity index (χ0n) is 16.7. The molecule has 0 atom stereocenters. The van der Waals surface area contributed by atoms with Gasteiger partial charge in [-0.15, -0.1) is 0 Å². The van der Waals surface area contributed by atoms with Gasteiger partial charge in [0.25, 0.3) is 0 Å². The zero-order chi connectivity index (χ0) is 20.8. The SMILES string of the molecule is O=C(/C=C/c1ccc(N2CCCC2=O)cc1)NCc1ccccc1Cn1cccn1. The average molecular weight is 400 g/mol. The topological polar surface area (TPSA) is 67.2 Å². The van der Waals surface area contributed by atoms with Crippen LogP contribution in [-0.4, -0.2) is 28.1 Å². The van der Waals surface area contributed by atoms with E-state index in [1.165, 1.54) is 6.08 Å². The van der Waals surface area contributed by atoms with Crippen LogP contribution in [0.4, 0.5) is 5.69 Å². The number of anilines is 1. The second-order valence-electron chi connectivity index (χ2n) is 7.26. The Hall–Kier alpha value is -3.67. The lowest BCUT2D eigenvalue weighted by Gasteiger charge is -2.15. The van der Waals surface area contributed by atoms with Crippen LogP contribution in [0.1, 0.15) is 29.5 Å². The lowest BCUT2D eigenvalue weighted by Crippen LogP contribution is -2.23. The number of hydrogen-bond acceptors (Lipinski definition) is 3. The van der Waals surface area contributed by atoms with Gasteiger partial charge in [0, 0.05) is 43.7 Å². The molecule has 4 rings (SSSR count). The van der Waals surface area contributed by atoms with Crippen LogP contribution in [0.2, 0.25) is 0 Å². The van der Waals surface area contributed by atoms with E-state index >= 15 is 0 Å². The number of nitrogens with zero attached hydrogens (tertiary/aromatic N) is 3. The largest absolute Gasteiger partial charge is 0.348 e. The smallest absolute Gasteiger partial charge is 0.244 e. The second-order valence-corrected chi connectivity index (χ2v) is 7.26. The van der Waals surface area contributed by atoms with Gasteiger partial charge in [0.2, 0.25) is 11.8 Å². The van der Waals surface area contributed by atoms with E-state index in [9.17, 15) is 9.59 Å². The van der Waals surface area contributed by atoms with E-state index in [1.807, 2.05) is 65.5 Å². The van der Waals surface area contributed by atoms with Crippen LogP contribution in [0, 0.1) is 0 Å². The van der Waals surface area contributed by atoms with Crippen LogP contribution in [0.25, 0.3) is 6.08 Å². The quantitative estimate of drug-likeness (QED) is 0.618. The summed E-state index contributed by atoms with van der Waals surface area (Å²) in [5, 5.41) is 7.19. The predicted octanol–water partition coefficient (Wildman–Crippen LogP) is 3.39. The highest BCUT2D eigenvalue weighted by molar-refractivity contribution is 5.95. The van der Waals surface area contributed by atoms with Crippen molar-refractivity contribution in [3.63, 3.8) is 0 Å². The van der Waals surface area contributed by atoms with Gasteiger partial charge in [-0.25, -0.2) is 0 Å². The van der Waals surface area contributed by atoms with Crippen molar-refractivity contribution in [2.75, 3.05) is 11.4 Å². The van der Waals surface area contributed by atoms with Gasteiger partial charge in [0.05, 0.1) is 6.54 Å². The van der Waals surface area contributed by atoms with Crippen molar-refractivity contribution in [2.24, 2.45) is 0 Å². The summed E-state index contributed by atoms with van der Waals surface area (Å²) in [7, 11) is 0. The Morgan fingerprint density at radius 1 is 1.07 bits per heavy atom. The first kappa shape index (κ1) is 19.6. The number of carbonyl (C=O) groups is 2. The fourth-order valence-electron chi connectivity index (χ4n) is 3.55. The first-order valence-electron chi connectivity index (χ1n) is 10.1. The first-order valence-corrected chi connectivity index (χ1v) is 10.1. The molecule has 152 valence electrons. The number of amides is 2. The molecule has 6 heteroatoms. The van der Waals surface area contributed by atoms with Crippen LogP contribution >= 0.6 is 0 Å². The Kier molecular flexibility index (Phi) is 6.03. The van der Waals surface area contributed by atoms with Gasteiger partial charge in [-0.2, -0.15) is 5.10 Å². The standard InChI is InChI=1S/C24H24N4O2/c29-23(13-10-19-8-11-22(12-9-19)28-16-3-7-24(28)30)25-17-20-5-1-2-6-21(20)18-27-15-4-14-26-27/h1-2,4-6,8-15H,3,7,16-18H2,(H,25,29)/b13-10+. The highest BCUT2D eigenvalue weighted by atomic mass is 16.2. The molecule has 30 heavy (non-hydrogen) atoms. The first-order chi connectivity index (χ1) is 14.7. The summed E-state index contributed by atoms with van der Waals surface area (Å²) >= 11 is 0. The molecule has 2 amide bonds. The monoisotopic (exact) mass is 400 g/mol. The molecule has 1 saturated heterocycles. The molecule has 1 fully saturated rings. The van der Waals surface area contributed by atoms with Crippen molar-refractivity contribution in [3.05, 3.63) is 89.8 Å². The molecule has 0 spiro atoms. The molecule has 1 aliphatic heterocycles. The lowest BCUT2D eigenvalue weighted by atomic mass is 10.1. The summed E-state index contributed by atoms with van der Waals surface area (Å²) in [5.41, 5.74) is 4.01. The normalized spacial score (nSPS) is 13.9. The maximum absolute atomic E-state index is 12.3. The number of carbonyl (C=O) groups excluding carboxylic acids is 2. The van der Waals surface area contributed by atoms with Crippen molar-refractivity contribution in [3.8, 4) is 0 Å². The Balaban J connectivity index is 1.33. The molecule has 2 aromatic carbocycles. The van der Waals surface area contributed by atoms with Crippen LogP contribution in [0.15, 0.2) is 73.1 Å². The Morgan fingerprint density at radius 2 is 1.87 bits per heavy atom. The Morgan fingerprint density at radius 3 is 2.57 bits per heavy atom. The molecule has 0 saturated carbocycles. The molecule has 1 aliphatic rings. The van der Waals surface area contributed by atoms with E-state index in [4.69, 9.17) is 0 Å². The van der Waals surface area contributed by atoms with Crippen molar-refractivity contribution in [2.45, 2.75) is 25.9 Å². The molecular weight excluding hydrogens is 376 g/mol. The summed E-state index contributed by atoms with van der Waals surface area (Å²) in [6.07, 6.45) is 8.51. The predicted molar refractivity (Wildman–Crippen MR) is 117 cm³/mol. The molecule has 6 nitrogen and oxygen atoms in total. The number of hydrogen-bond donors (Lipinski definition) is 1. The van der Waals surface area contributed by atoms with E-state index in [0.717, 1.165) is 35.3 Å². The molecule has 0 radical (unpaired) electrons. The van der Waals surface area contributed by atoms with Gasteiger partial charge in [-0.3, -0.25) is 14.3 Å². The molecule has 2 heterocycles. The highest BCUT2D eigenvalue weighted by Crippen LogP contribution is 2.21. The molecule has 1 aromatic heterocycles. The van der Waals surface area contributed by atoms with Gasteiger partial charge in [-0.1, -0.05) is 36.4 Å². The van der Waals surface area contributed by atoms with Gasteiger partial charge >= 0.3 is 0 Å². The molecule has 1 N–H and O–H groups in total. The third-order valence-electron chi connectivity index (χ3n) is 5.17. The van der Waals surface area contributed by atoms with Crippen molar-refractivity contribution in [1.82, 2.24) is 15.1 Å². The minimum absolute atomic E-state index is 0.150. The van der Waals surface area contributed by atoms with Crippen LogP contribution in [-0.2, 0) is 22.7 Å². The summed E-state index contributed by atoms with van der Waals surface area (Å²) in [6.45, 7) is 1.90. The third kappa shape index (κ3) is 4.84. The summed E-state index contributed by atoms with van der Waals surface area (Å²) in [4.78, 5) is 25.9. The second kappa shape index (κ2) is 9.22. The van der Waals surface area contributed by atoms with Gasteiger partial charge < -0.3 is 10.2 Å². The van der Waals surface area contributed by atoms with Crippen LogP contribution in [0.5, 0.6) is 0 Å². The van der Waals surface area contributed by atoms with Crippen LogP contribution < -0.4 is 10.2 Å². The minimum atomic E-state index is -0.150. The van der Waals surface area contributed by atoms with Crippen molar-refractivity contribution in [1.29, 1.82) is 0 Å². The zero-order valence-corrected chi connectivity index (χ0v) is 16.7. The summed E-state index contributed by atoms with van der Waals surface area (Å²) in [6, 6.07) is 17.6. The maximum atomic E-state index is 12.3. The number of nitrogens with one attached hydrogen (secondary N) is 1. The summed E-state index contributed by atoms with van der Waals surface area (Å²) < 4.78 is 1.86. The van der Waals surface area contributed by atoms with Gasteiger partial charge in [-0.05, 0) is 47.4 Å². The molecular formula is C24H24N4O2. The van der Waals surface area contributed by atoms with E-state index in [2.05, 4.69) is 10.4 Å². The van der Waals surface area contributed by atoms with Crippen molar-refractivity contribution < 1.29 is 9.59 Å². The number of rotatable bonds is 7. The minimum Gasteiger partial charge on any atom is -0.348 e. The Bertz CT molecular complexity index is 1040. The number of benzene rings is 2. The molecule has 0 bridgehead atoms. The van der Waals surface area contributed by atoms with E-state index in [-0.39, 0.29) is 11.8 Å². The average Bonchev–Trinajstić information content (AvgIpc) is 3.44. The van der Waals surface area contributed by atoms with Gasteiger partial charge in [0.15, 0.2) is 0 Å². The third-order valence-corrected chi connectivity index (χ3v) is 5.17. The molecule has 3 aromatic rings. The molecule has 0 aliphatic carbocycles. The highest BCUT2D eigenvalue weighted by Gasteiger charge is 2.21. The van der Waals surface area contributed by atoms with E-state index in [0.29, 0.717) is 19.5 Å². The van der Waals surface area contributed by atoms with E-state index < -0.39 is 0 Å². The van der Waals surface area contributed by atoms with Gasteiger partial charge in [0.1, 0.15) is 0 Å². The lowest BCUT2D eigenvalue weighted by molar-refractivity contribution is -0.117. The number of aromatic nitrogens is 2. The van der Waals surface area contributed by atoms with E-state index in [1.54, 1.807) is 17.2 Å². The van der Waals surface area contributed by atoms with Crippen molar-refractivity contribution >= 4 is 23.6 Å². The summed E-state index contributed by atoms with van der Waals surface area (Å²) in [5.74, 6) is 0.0215. The fraction of sp³-hybridized carbons (Fsp3) is 0.208.